The molecule has 0 fully saturated rings. The lowest BCUT2D eigenvalue weighted by Crippen LogP contribution is -2.45. The number of nitrogens with one attached hydrogen (secondary N) is 2. The normalized spacial score (nSPS) is 12.3. The SMILES string of the molecule is CC(C)C[C@H](NC(=O)CN(C)c1ncnc2nc[nH]c12)C(=O)O. The summed E-state index contributed by atoms with van der Waals surface area (Å²) in [5, 5.41) is 11.7. The number of H-pyrrole nitrogens is 1. The van der Waals surface area contributed by atoms with E-state index in [0.717, 1.165) is 0 Å². The molecule has 1 amide bonds. The van der Waals surface area contributed by atoms with E-state index in [1.807, 2.05) is 13.8 Å². The molecular formula is C14H20N6O3. The van der Waals surface area contributed by atoms with E-state index in [2.05, 4.69) is 25.3 Å². The van der Waals surface area contributed by atoms with Gasteiger partial charge in [0.2, 0.25) is 5.91 Å². The molecule has 0 aliphatic carbocycles. The van der Waals surface area contributed by atoms with Crippen molar-refractivity contribution in [1.82, 2.24) is 25.3 Å². The standard InChI is InChI=1S/C14H20N6O3/c1-8(2)4-9(14(22)23)19-10(21)5-20(3)13-11-12(16-6-15-11)17-7-18-13/h6-9H,4-5H2,1-3H3,(H,19,21)(H,22,23)(H,15,16,17,18)/t9-/m0/s1. The second kappa shape index (κ2) is 7.03. The lowest BCUT2D eigenvalue weighted by Gasteiger charge is -2.21. The molecule has 0 aromatic carbocycles. The van der Waals surface area contributed by atoms with Crippen molar-refractivity contribution < 1.29 is 14.7 Å². The average molecular weight is 320 g/mol. The number of likely N-dealkylation sites (N-methyl/N-ethyl adjacent to an activating group) is 1. The number of hydrogen-bond acceptors (Lipinski definition) is 6. The highest BCUT2D eigenvalue weighted by Crippen LogP contribution is 2.17. The molecule has 0 bridgehead atoms. The van der Waals surface area contributed by atoms with Crippen molar-refractivity contribution >= 4 is 28.9 Å². The predicted molar refractivity (Wildman–Crippen MR) is 84.0 cm³/mol. The smallest absolute Gasteiger partial charge is 0.326 e. The van der Waals surface area contributed by atoms with Crippen molar-refractivity contribution in [2.75, 3.05) is 18.5 Å². The molecule has 3 N–H and O–H groups in total. The van der Waals surface area contributed by atoms with Crippen LogP contribution in [-0.2, 0) is 9.59 Å². The number of carboxylic acids is 1. The van der Waals surface area contributed by atoms with E-state index >= 15 is 0 Å². The zero-order chi connectivity index (χ0) is 17.0. The number of fused-ring (bicyclic) bond motifs is 1. The van der Waals surface area contributed by atoms with Crippen molar-refractivity contribution in [1.29, 1.82) is 0 Å². The molecule has 1 atom stereocenters. The molecule has 2 heterocycles. The second-order valence-corrected chi connectivity index (χ2v) is 5.74. The molecule has 124 valence electrons. The third kappa shape index (κ3) is 4.15. The lowest BCUT2D eigenvalue weighted by atomic mass is 10.0. The van der Waals surface area contributed by atoms with Gasteiger partial charge in [-0.3, -0.25) is 4.79 Å². The Morgan fingerprint density at radius 2 is 2.09 bits per heavy atom. The quantitative estimate of drug-likeness (QED) is 0.674. The number of nitrogens with zero attached hydrogens (tertiary/aromatic N) is 4. The Labute approximate surface area is 133 Å². The van der Waals surface area contributed by atoms with Crippen molar-refractivity contribution in [3.05, 3.63) is 12.7 Å². The highest BCUT2D eigenvalue weighted by Gasteiger charge is 2.22. The Balaban J connectivity index is 2.04. The van der Waals surface area contributed by atoms with Crippen LogP contribution in [0.25, 0.3) is 11.2 Å². The minimum atomic E-state index is -1.03. The molecule has 9 heteroatoms. The third-order valence-corrected chi connectivity index (χ3v) is 3.29. The summed E-state index contributed by atoms with van der Waals surface area (Å²) in [7, 11) is 1.69. The van der Waals surface area contributed by atoms with Crippen molar-refractivity contribution in [2.24, 2.45) is 5.92 Å². The van der Waals surface area contributed by atoms with Crippen molar-refractivity contribution in [3.8, 4) is 0 Å². The van der Waals surface area contributed by atoms with Crippen LogP contribution in [0.3, 0.4) is 0 Å². The molecule has 23 heavy (non-hydrogen) atoms. The van der Waals surface area contributed by atoms with Gasteiger partial charge in [-0.25, -0.2) is 19.7 Å². The van der Waals surface area contributed by atoms with E-state index in [0.29, 0.717) is 23.4 Å². The molecule has 0 aliphatic rings. The van der Waals surface area contributed by atoms with Crippen LogP contribution in [0.15, 0.2) is 12.7 Å². The summed E-state index contributed by atoms with van der Waals surface area (Å²) in [6, 6.07) is -0.895. The van der Waals surface area contributed by atoms with Crippen LogP contribution in [0.5, 0.6) is 0 Å². The van der Waals surface area contributed by atoms with Gasteiger partial charge in [0.25, 0.3) is 0 Å². The number of aromatic nitrogens is 4. The van der Waals surface area contributed by atoms with E-state index in [-0.39, 0.29) is 18.4 Å². The summed E-state index contributed by atoms with van der Waals surface area (Å²) in [5.74, 6) is -0.724. The molecule has 2 aromatic heterocycles. The predicted octanol–water partition coefficient (Wildman–Crippen LogP) is 0.405. The number of anilines is 1. The second-order valence-electron chi connectivity index (χ2n) is 5.74. The number of carbonyl (C=O) groups excluding carboxylic acids is 1. The molecule has 2 aromatic rings. The third-order valence-electron chi connectivity index (χ3n) is 3.29. The van der Waals surface area contributed by atoms with Gasteiger partial charge >= 0.3 is 5.97 Å². The summed E-state index contributed by atoms with van der Waals surface area (Å²) in [4.78, 5) is 40.0. The number of carboxylic acid groups (broad SMARTS) is 1. The van der Waals surface area contributed by atoms with Crippen LogP contribution in [-0.4, -0.2) is 56.6 Å². The van der Waals surface area contributed by atoms with Crippen LogP contribution >= 0.6 is 0 Å². The maximum absolute atomic E-state index is 12.1. The van der Waals surface area contributed by atoms with Gasteiger partial charge in [-0.15, -0.1) is 0 Å². The van der Waals surface area contributed by atoms with Crippen LogP contribution < -0.4 is 10.2 Å². The van der Waals surface area contributed by atoms with Crippen molar-refractivity contribution in [3.63, 3.8) is 0 Å². The van der Waals surface area contributed by atoms with E-state index in [9.17, 15) is 14.7 Å². The molecular weight excluding hydrogens is 300 g/mol. The summed E-state index contributed by atoms with van der Waals surface area (Å²) in [5.41, 5.74) is 1.13. The first-order valence-electron chi connectivity index (χ1n) is 7.26. The van der Waals surface area contributed by atoms with Gasteiger partial charge < -0.3 is 20.3 Å². The van der Waals surface area contributed by atoms with Crippen LogP contribution in [0.2, 0.25) is 0 Å². The summed E-state index contributed by atoms with van der Waals surface area (Å²) < 4.78 is 0. The number of amides is 1. The minimum Gasteiger partial charge on any atom is -0.480 e. The molecule has 0 unspecified atom stereocenters. The largest absolute Gasteiger partial charge is 0.480 e. The maximum Gasteiger partial charge on any atom is 0.326 e. The van der Waals surface area contributed by atoms with Gasteiger partial charge in [0.15, 0.2) is 11.5 Å². The molecule has 0 aliphatic heterocycles. The van der Waals surface area contributed by atoms with Crippen LogP contribution in [0.4, 0.5) is 5.82 Å². The van der Waals surface area contributed by atoms with Crippen LogP contribution in [0.1, 0.15) is 20.3 Å². The monoisotopic (exact) mass is 320 g/mol. The molecule has 9 nitrogen and oxygen atoms in total. The van der Waals surface area contributed by atoms with Gasteiger partial charge in [-0.05, 0) is 12.3 Å². The topological polar surface area (TPSA) is 124 Å². The van der Waals surface area contributed by atoms with E-state index in [4.69, 9.17) is 0 Å². The number of aliphatic carboxylic acids is 1. The zero-order valence-corrected chi connectivity index (χ0v) is 13.3. The van der Waals surface area contributed by atoms with Gasteiger partial charge in [-0.2, -0.15) is 0 Å². The van der Waals surface area contributed by atoms with E-state index in [1.54, 1.807) is 11.9 Å². The van der Waals surface area contributed by atoms with E-state index < -0.39 is 12.0 Å². The van der Waals surface area contributed by atoms with Gasteiger partial charge in [0.1, 0.15) is 17.9 Å². The zero-order valence-electron chi connectivity index (χ0n) is 13.3. The van der Waals surface area contributed by atoms with E-state index in [1.165, 1.54) is 12.7 Å². The fourth-order valence-electron chi connectivity index (χ4n) is 2.26. The first-order chi connectivity index (χ1) is 10.9. The number of carbonyl (C=O) groups is 2. The Morgan fingerprint density at radius 3 is 2.74 bits per heavy atom. The molecule has 0 saturated heterocycles. The number of hydrogen-bond donors (Lipinski definition) is 3. The summed E-state index contributed by atoms with van der Waals surface area (Å²) in [6.07, 6.45) is 3.24. The van der Waals surface area contributed by atoms with Gasteiger partial charge in [-0.1, -0.05) is 13.8 Å². The number of imidazole rings is 1. The summed E-state index contributed by atoms with van der Waals surface area (Å²) >= 11 is 0. The number of rotatable bonds is 7. The Hall–Kier alpha value is -2.71. The molecule has 0 spiro atoms. The Kier molecular flexibility index (Phi) is 5.09. The Morgan fingerprint density at radius 1 is 1.35 bits per heavy atom. The fourth-order valence-corrected chi connectivity index (χ4v) is 2.26. The highest BCUT2D eigenvalue weighted by atomic mass is 16.4. The maximum atomic E-state index is 12.1. The van der Waals surface area contributed by atoms with Gasteiger partial charge in [0.05, 0.1) is 12.9 Å². The summed E-state index contributed by atoms with van der Waals surface area (Å²) in [6.45, 7) is 3.79. The lowest BCUT2D eigenvalue weighted by molar-refractivity contribution is -0.142. The first kappa shape index (κ1) is 16.7. The molecule has 2 rings (SSSR count). The highest BCUT2D eigenvalue weighted by molar-refractivity contribution is 5.89. The van der Waals surface area contributed by atoms with Gasteiger partial charge in [0, 0.05) is 7.05 Å². The Bertz CT molecular complexity index is 699. The molecule has 0 radical (unpaired) electrons. The average Bonchev–Trinajstić information content (AvgIpc) is 2.93. The first-order valence-corrected chi connectivity index (χ1v) is 7.26. The van der Waals surface area contributed by atoms with Crippen molar-refractivity contribution in [2.45, 2.75) is 26.3 Å². The fraction of sp³-hybridized carbons (Fsp3) is 0.500. The number of aromatic amines is 1. The minimum absolute atomic E-state index is 0.0208. The molecule has 0 saturated carbocycles. The van der Waals surface area contributed by atoms with Crippen LogP contribution in [0, 0.1) is 5.92 Å².